The molecule has 2 rings (SSSR count). The fraction of sp³-hybridized carbons (Fsp3) is 0.562. The van der Waals surface area contributed by atoms with Crippen LogP contribution in [0.2, 0.25) is 0 Å². The van der Waals surface area contributed by atoms with E-state index in [0.717, 1.165) is 13.1 Å². The number of β-amino-alcohol motifs (C(OH)–C–C–N with tert-alkyl or cyclic N) is 1. The summed E-state index contributed by atoms with van der Waals surface area (Å²) < 4.78 is 13.5. The van der Waals surface area contributed by atoms with Gasteiger partial charge in [-0.1, -0.05) is 6.07 Å². The van der Waals surface area contributed by atoms with Crippen LogP contribution in [0.25, 0.3) is 0 Å². The van der Waals surface area contributed by atoms with E-state index in [9.17, 15) is 14.3 Å². The molecule has 1 fully saturated rings. The van der Waals surface area contributed by atoms with Crippen molar-refractivity contribution in [2.24, 2.45) is 0 Å². The lowest BCUT2D eigenvalue weighted by atomic mass is 10.1. The molecule has 5 heteroatoms. The Labute approximate surface area is 125 Å². The van der Waals surface area contributed by atoms with Crippen molar-refractivity contribution in [1.29, 1.82) is 0 Å². The van der Waals surface area contributed by atoms with Crippen molar-refractivity contribution in [2.75, 3.05) is 32.7 Å². The Morgan fingerprint density at radius 3 is 2.43 bits per heavy atom. The smallest absolute Gasteiger partial charge is 0.254 e. The van der Waals surface area contributed by atoms with Crippen LogP contribution in [0.4, 0.5) is 4.39 Å². The number of benzene rings is 1. The summed E-state index contributed by atoms with van der Waals surface area (Å²) in [7, 11) is 0. The molecule has 1 saturated heterocycles. The second-order valence-corrected chi connectivity index (χ2v) is 6.34. The fourth-order valence-electron chi connectivity index (χ4n) is 2.56. The van der Waals surface area contributed by atoms with E-state index in [1.165, 1.54) is 6.07 Å². The highest BCUT2D eigenvalue weighted by Crippen LogP contribution is 2.14. The van der Waals surface area contributed by atoms with Crippen molar-refractivity contribution in [2.45, 2.75) is 26.4 Å². The molecular weight excluding hydrogens is 271 g/mol. The molecule has 0 spiro atoms. The fourth-order valence-corrected chi connectivity index (χ4v) is 2.56. The van der Waals surface area contributed by atoms with Gasteiger partial charge in [0.05, 0.1) is 5.60 Å². The molecule has 1 heterocycles. The Balaban J connectivity index is 1.95. The van der Waals surface area contributed by atoms with Crippen LogP contribution in [0, 0.1) is 12.7 Å². The molecule has 1 amide bonds. The third-order valence-electron chi connectivity index (χ3n) is 3.69. The van der Waals surface area contributed by atoms with Crippen molar-refractivity contribution in [3.05, 3.63) is 35.1 Å². The monoisotopic (exact) mass is 294 g/mol. The number of piperazine rings is 1. The van der Waals surface area contributed by atoms with Crippen LogP contribution < -0.4 is 0 Å². The van der Waals surface area contributed by atoms with E-state index >= 15 is 0 Å². The van der Waals surface area contributed by atoms with Crippen molar-refractivity contribution in [3.63, 3.8) is 0 Å². The molecule has 116 valence electrons. The first kappa shape index (κ1) is 15.9. The summed E-state index contributed by atoms with van der Waals surface area (Å²) in [6.45, 7) is 8.48. The average molecular weight is 294 g/mol. The second kappa shape index (κ2) is 6.12. The Kier molecular flexibility index (Phi) is 4.64. The highest BCUT2D eigenvalue weighted by Gasteiger charge is 2.25. The first-order valence-corrected chi connectivity index (χ1v) is 7.26. The maximum absolute atomic E-state index is 13.5. The summed E-state index contributed by atoms with van der Waals surface area (Å²) in [5.74, 6) is -0.474. The lowest BCUT2D eigenvalue weighted by molar-refractivity contribution is 0.0178. The zero-order valence-electron chi connectivity index (χ0n) is 12.9. The van der Waals surface area contributed by atoms with Gasteiger partial charge in [0.25, 0.3) is 5.91 Å². The van der Waals surface area contributed by atoms with E-state index in [0.29, 0.717) is 30.8 Å². The number of rotatable bonds is 3. The molecule has 0 radical (unpaired) electrons. The predicted molar refractivity (Wildman–Crippen MR) is 79.8 cm³/mol. The largest absolute Gasteiger partial charge is 0.389 e. The molecule has 0 atom stereocenters. The van der Waals surface area contributed by atoms with Crippen molar-refractivity contribution in [3.8, 4) is 0 Å². The maximum Gasteiger partial charge on any atom is 0.254 e. The minimum atomic E-state index is -0.730. The zero-order valence-corrected chi connectivity index (χ0v) is 12.9. The van der Waals surface area contributed by atoms with Crippen LogP contribution in [0.1, 0.15) is 29.8 Å². The number of hydrogen-bond acceptors (Lipinski definition) is 3. The maximum atomic E-state index is 13.5. The highest BCUT2D eigenvalue weighted by atomic mass is 19.1. The van der Waals surface area contributed by atoms with Crippen molar-refractivity contribution in [1.82, 2.24) is 9.80 Å². The van der Waals surface area contributed by atoms with Gasteiger partial charge >= 0.3 is 0 Å². The van der Waals surface area contributed by atoms with Gasteiger partial charge in [-0.05, 0) is 38.5 Å². The lowest BCUT2D eigenvalue weighted by Crippen LogP contribution is -2.52. The lowest BCUT2D eigenvalue weighted by Gasteiger charge is -2.37. The van der Waals surface area contributed by atoms with Gasteiger partial charge in [0.15, 0.2) is 0 Å². The molecule has 1 aliphatic rings. The third-order valence-corrected chi connectivity index (χ3v) is 3.69. The molecule has 1 aromatic carbocycles. The standard InChI is InChI=1S/C16H23FN2O2/c1-12-4-5-13(10-14(12)17)15(20)19-8-6-18(7-9-19)11-16(2,3)21/h4-5,10,21H,6-9,11H2,1-3H3. The van der Waals surface area contributed by atoms with Gasteiger partial charge in [0, 0.05) is 38.3 Å². The number of halogens is 1. The van der Waals surface area contributed by atoms with Crippen LogP contribution in [-0.4, -0.2) is 59.1 Å². The van der Waals surface area contributed by atoms with Gasteiger partial charge in [-0.25, -0.2) is 4.39 Å². The highest BCUT2D eigenvalue weighted by molar-refractivity contribution is 5.94. The Morgan fingerprint density at radius 1 is 1.29 bits per heavy atom. The van der Waals surface area contributed by atoms with Crippen LogP contribution in [0.3, 0.4) is 0 Å². The van der Waals surface area contributed by atoms with E-state index in [2.05, 4.69) is 4.90 Å². The minimum absolute atomic E-state index is 0.128. The van der Waals surface area contributed by atoms with E-state index < -0.39 is 5.60 Å². The number of amides is 1. The number of aryl methyl sites for hydroxylation is 1. The first-order chi connectivity index (χ1) is 9.76. The molecule has 0 aliphatic carbocycles. The van der Waals surface area contributed by atoms with Crippen molar-refractivity contribution < 1.29 is 14.3 Å². The summed E-state index contributed by atoms with van der Waals surface area (Å²) in [5.41, 5.74) is 0.210. The quantitative estimate of drug-likeness (QED) is 0.922. The second-order valence-electron chi connectivity index (χ2n) is 6.34. The first-order valence-electron chi connectivity index (χ1n) is 7.26. The summed E-state index contributed by atoms with van der Waals surface area (Å²) in [6, 6.07) is 4.61. The number of nitrogens with zero attached hydrogens (tertiary/aromatic N) is 2. The van der Waals surface area contributed by atoms with Gasteiger partial charge < -0.3 is 10.0 Å². The molecule has 0 aromatic heterocycles. The normalized spacial score (nSPS) is 17.1. The van der Waals surface area contributed by atoms with Gasteiger partial charge in [-0.3, -0.25) is 9.69 Å². The molecule has 4 nitrogen and oxygen atoms in total. The van der Waals surface area contributed by atoms with E-state index in [1.807, 2.05) is 0 Å². The summed E-state index contributed by atoms with van der Waals surface area (Å²) >= 11 is 0. The van der Waals surface area contributed by atoms with Crippen molar-refractivity contribution >= 4 is 5.91 Å². The molecule has 1 aliphatic heterocycles. The van der Waals surface area contributed by atoms with Crippen LogP contribution >= 0.6 is 0 Å². The summed E-state index contributed by atoms with van der Waals surface area (Å²) in [6.07, 6.45) is 0. The molecule has 0 saturated carbocycles. The van der Waals surface area contributed by atoms with Gasteiger partial charge in [0.2, 0.25) is 0 Å². The molecular formula is C16H23FN2O2. The third kappa shape index (κ3) is 4.25. The molecule has 0 bridgehead atoms. The van der Waals surface area contributed by atoms with Gasteiger partial charge in [-0.2, -0.15) is 0 Å². The number of carbonyl (C=O) groups is 1. The van der Waals surface area contributed by atoms with E-state index in [4.69, 9.17) is 0 Å². The summed E-state index contributed by atoms with van der Waals surface area (Å²) in [5, 5.41) is 9.82. The Hall–Kier alpha value is -1.46. The van der Waals surface area contributed by atoms with Crippen LogP contribution in [0.15, 0.2) is 18.2 Å². The van der Waals surface area contributed by atoms with E-state index in [1.54, 1.807) is 37.8 Å². The molecule has 1 aromatic rings. The van der Waals surface area contributed by atoms with Crippen LogP contribution in [-0.2, 0) is 0 Å². The van der Waals surface area contributed by atoms with Crippen LogP contribution in [0.5, 0.6) is 0 Å². The summed E-state index contributed by atoms with van der Waals surface area (Å²) in [4.78, 5) is 16.2. The molecule has 1 N–H and O–H groups in total. The SMILES string of the molecule is Cc1ccc(C(=O)N2CCN(CC(C)(C)O)CC2)cc1F. The Bertz CT molecular complexity index is 517. The average Bonchev–Trinajstić information content (AvgIpc) is 2.40. The minimum Gasteiger partial charge on any atom is -0.389 e. The topological polar surface area (TPSA) is 43.8 Å². The number of carbonyl (C=O) groups excluding carboxylic acids is 1. The number of hydrogen-bond donors (Lipinski definition) is 1. The van der Waals surface area contributed by atoms with E-state index in [-0.39, 0.29) is 11.7 Å². The molecule has 0 unspecified atom stereocenters. The van der Waals surface area contributed by atoms with Gasteiger partial charge in [0.1, 0.15) is 5.82 Å². The zero-order chi connectivity index (χ0) is 15.6. The van der Waals surface area contributed by atoms with Gasteiger partial charge in [-0.15, -0.1) is 0 Å². The molecule has 21 heavy (non-hydrogen) atoms. The Morgan fingerprint density at radius 2 is 1.90 bits per heavy atom. The predicted octanol–water partition coefficient (Wildman–Crippen LogP) is 1.66. The number of aliphatic hydroxyl groups is 1.